The van der Waals surface area contributed by atoms with Crippen molar-refractivity contribution in [2.75, 3.05) is 0 Å². The van der Waals surface area contributed by atoms with Gasteiger partial charge in [-0.1, -0.05) is 11.6 Å². The molecule has 0 amide bonds. The number of carbonyl (C=O) groups excluding carboxylic acids is 1. The first kappa shape index (κ1) is 10.7. The van der Waals surface area contributed by atoms with E-state index in [-0.39, 0.29) is 12.4 Å². The summed E-state index contributed by atoms with van der Waals surface area (Å²) >= 11 is 5.74. The summed E-state index contributed by atoms with van der Waals surface area (Å²) < 4.78 is 10.5. The minimum atomic E-state index is 0.232. The van der Waals surface area contributed by atoms with Crippen LogP contribution in [-0.4, -0.2) is 11.3 Å². The quantitative estimate of drug-likeness (QED) is 0.768. The number of hydrogen-bond donors (Lipinski definition) is 0. The van der Waals surface area contributed by atoms with E-state index < -0.39 is 0 Å². The highest BCUT2D eigenvalue weighted by atomic mass is 35.5. The summed E-state index contributed by atoms with van der Waals surface area (Å²) in [6.07, 6.45) is 3.71. The summed E-state index contributed by atoms with van der Waals surface area (Å²) in [7, 11) is 0. The molecule has 0 saturated carbocycles. The molecule has 4 nitrogen and oxygen atoms in total. The number of aldehydes is 1. The van der Waals surface area contributed by atoms with E-state index in [0.29, 0.717) is 22.8 Å². The fourth-order valence-electron chi connectivity index (χ4n) is 1.16. The molecule has 0 aliphatic carbocycles. The Bertz CT molecular complexity index is 495. The molecule has 5 heteroatoms. The maximum Gasteiger partial charge on any atom is 0.185 e. The van der Waals surface area contributed by atoms with Crippen LogP contribution < -0.4 is 4.74 Å². The van der Waals surface area contributed by atoms with Crippen LogP contribution in [0.25, 0.3) is 0 Å². The van der Waals surface area contributed by atoms with Gasteiger partial charge in [-0.05, 0) is 12.1 Å². The van der Waals surface area contributed by atoms with Crippen molar-refractivity contribution in [3.63, 3.8) is 0 Å². The van der Waals surface area contributed by atoms with Crippen LogP contribution in [0.3, 0.4) is 0 Å². The van der Waals surface area contributed by atoms with E-state index in [4.69, 9.17) is 20.8 Å². The molecular formula is C11H8ClNO3. The largest absolute Gasteiger partial charge is 0.484 e. The van der Waals surface area contributed by atoms with Crippen LogP contribution in [0.2, 0.25) is 5.02 Å². The molecule has 0 spiro atoms. The molecular weight excluding hydrogens is 230 g/mol. The first-order chi connectivity index (χ1) is 7.78. The molecule has 0 aliphatic heterocycles. The van der Waals surface area contributed by atoms with Gasteiger partial charge in [-0.3, -0.25) is 9.78 Å². The molecule has 0 fully saturated rings. The maximum absolute atomic E-state index is 10.4. The van der Waals surface area contributed by atoms with Crippen molar-refractivity contribution in [2.45, 2.75) is 6.61 Å². The molecule has 0 atom stereocenters. The first-order valence-electron chi connectivity index (χ1n) is 4.55. The lowest BCUT2D eigenvalue weighted by molar-refractivity contribution is 0.109. The first-order valence-corrected chi connectivity index (χ1v) is 4.93. The van der Waals surface area contributed by atoms with Crippen LogP contribution in [0.1, 0.15) is 16.3 Å². The van der Waals surface area contributed by atoms with E-state index >= 15 is 0 Å². The number of pyridine rings is 1. The van der Waals surface area contributed by atoms with Gasteiger partial charge in [-0.25, -0.2) is 0 Å². The van der Waals surface area contributed by atoms with Crippen molar-refractivity contribution in [1.29, 1.82) is 0 Å². The molecule has 0 radical (unpaired) electrons. The van der Waals surface area contributed by atoms with Crippen LogP contribution in [0.5, 0.6) is 5.75 Å². The minimum Gasteiger partial charge on any atom is -0.484 e. The number of carbonyl (C=O) groups is 1. The van der Waals surface area contributed by atoms with E-state index in [0.717, 1.165) is 0 Å². The Morgan fingerprint density at radius 3 is 3.00 bits per heavy atom. The highest BCUT2D eigenvalue weighted by molar-refractivity contribution is 6.30. The van der Waals surface area contributed by atoms with Crippen LogP contribution >= 0.6 is 11.6 Å². The third-order valence-corrected chi connectivity index (χ3v) is 2.07. The molecule has 0 saturated heterocycles. The zero-order chi connectivity index (χ0) is 11.4. The van der Waals surface area contributed by atoms with Gasteiger partial charge in [-0.15, -0.1) is 0 Å². The van der Waals surface area contributed by atoms with Crippen LogP contribution in [0.4, 0.5) is 0 Å². The number of aromatic nitrogens is 1. The maximum atomic E-state index is 10.4. The lowest BCUT2D eigenvalue weighted by Gasteiger charge is -2.03. The lowest BCUT2D eigenvalue weighted by Crippen LogP contribution is -1.94. The predicted octanol–water partition coefficient (Wildman–Crippen LogP) is 2.72. The van der Waals surface area contributed by atoms with Gasteiger partial charge < -0.3 is 9.15 Å². The van der Waals surface area contributed by atoms with Gasteiger partial charge >= 0.3 is 0 Å². The fraction of sp³-hybridized carbons (Fsp3) is 0.0909. The average Bonchev–Trinajstić information content (AvgIpc) is 2.74. The third-order valence-electron chi connectivity index (χ3n) is 1.86. The van der Waals surface area contributed by atoms with Crippen LogP contribution in [0.15, 0.2) is 35.0 Å². The monoisotopic (exact) mass is 237 g/mol. The molecule has 2 rings (SSSR count). The van der Waals surface area contributed by atoms with Crippen molar-refractivity contribution in [3.8, 4) is 5.75 Å². The molecule has 2 aromatic heterocycles. The summed E-state index contributed by atoms with van der Waals surface area (Å²) in [5, 5.41) is 0.505. The standard InChI is InChI=1S/C11H8ClNO3/c12-8-3-11(5-13-4-8)15-7-10-2-1-9(6-14)16-10/h1-6H,7H2. The van der Waals surface area contributed by atoms with Gasteiger partial charge in [-0.2, -0.15) is 0 Å². The van der Waals surface area contributed by atoms with Crippen molar-refractivity contribution < 1.29 is 13.9 Å². The molecule has 0 aliphatic rings. The highest BCUT2D eigenvalue weighted by Crippen LogP contribution is 2.17. The summed E-state index contributed by atoms with van der Waals surface area (Å²) in [5.41, 5.74) is 0. The second kappa shape index (κ2) is 4.81. The van der Waals surface area contributed by atoms with Crippen molar-refractivity contribution >= 4 is 17.9 Å². The zero-order valence-electron chi connectivity index (χ0n) is 8.22. The van der Waals surface area contributed by atoms with Crippen LogP contribution in [0, 0.1) is 0 Å². The number of furan rings is 1. The Morgan fingerprint density at radius 2 is 2.31 bits per heavy atom. The van der Waals surface area contributed by atoms with E-state index in [9.17, 15) is 4.79 Å². The van der Waals surface area contributed by atoms with Crippen LogP contribution in [-0.2, 0) is 6.61 Å². The Balaban J connectivity index is 1.99. The Labute approximate surface area is 96.8 Å². The minimum absolute atomic E-state index is 0.232. The summed E-state index contributed by atoms with van der Waals surface area (Å²) in [6, 6.07) is 4.92. The number of ether oxygens (including phenoxy) is 1. The second-order valence-electron chi connectivity index (χ2n) is 3.05. The topological polar surface area (TPSA) is 52.3 Å². The Kier molecular flexibility index (Phi) is 3.22. The molecule has 0 unspecified atom stereocenters. The molecule has 0 N–H and O–H groups in total. The van der Waals surface area contributed by atoms with Crippen molar-refractivity contribution in [3.05, 3.63) is 47.1 Å². The molecule has 16 heavy (non-hydrogen) atoms. The van der Waals surface area contributed by atoms with Crippen molar-refractivity contribution in [2.24, 2.45) is 0 Å². The van der Waals surface area contributed by atoms with Gasteiger partial charge in [0.15, 0.2) is 12.0 Å². The smallest absolute Gasteiger partial charge is 0.185 e. The van der Waals surface area contributed by atoms with Gasteiger partial charge in [0.25, 0.3) is 0 Å². The van der Waals surface area contributed by atoms with E-state index in [2.05, 4.69) is 4.98 Å². The molecule has 82 valence electrons. The van der Waals surface area contributed by atoms with Gasteiger partial charge in [0.2, 0.25) is 0 Å². The fourth-order valence-corrected chi connectivity index (χ4v) is 1.33. The van der Waals surface area contributed by atoms with Gasteiger partial charge in [0.1, 0.15) is 18.1 Å². The lowest BCUT2D eigenvalue weighted by atomic mass is 10.4. The number of rotatable bonds is 4. The SMILES string of the molecule is O=Cc1ccc(COc2cncc(Cl)c2)o1. The zero-order valence-corrected chi connectivity index (χ0v) is 8.98. The number of hydrogen-bond acceptors (Lipinski definition) is 4. The Morgan fingerprint density at radius 1 is 1.44 bits per heavy atom. The number of nitrogens with zero attached hydrogens (tertiary/aromatic N) is 1. The van der Waals surface area contributed by atoms with Crippen molar-refractivity contribution in [1.82, 2.24) is 4.98 Å². The second-order valence-corrected chi connectivity index (χ2v) is 3.49. The number of halogens is 1. The molecule has 0 aromatic carbocycles. The average molecular weight is 238 g/mol. The van der Waals surface area contributed by atoms with E-state index in [1.54, 1.807) is 24.4 Å². The normalized spacial score (nSPS) is 10.1. The highest BCUT2D eigenvalue weighted by Gasteiger charge is 2.02. The van der Waals surface area contributed by atoms with Gasteiger partial charge in [0, 0.05) is 12.3 Å². The molecule has 2 aromatic rings. The summed E-state index contributed by atoms with van der Waals surface area (Å²) in [6.45, 7) is 0.232. The van der Waals surface area contributed by atoms with E-state index in [1.165, 1.54) is 6.20 Å². The molecule has 0 bridgehead atoms. The van der Waals surface area contributed by atoms with E-state index in [1.807, 2.05) is 0 Å². The summed E-state index contributed by atoms with van der Waals surface area (Å²) in [5.74, 6) is 1.40. The predicted molar refractivity (Wildman–Crippen MR) is 57.7 cm³/mol. The molecule has 2 heterocycles. The Hall–Kier alpha value is -1.81. The van der Waals surface area contributed by atoms with Gasteiger partial charge in [0.05, 0.1) is 11.2 Å². The third kappa shape index (κ3) is 2.61. The summed E-state index contributed by atoms with van der Waals surface area (Å²) in [4.78, 5) is 14.3.